The monoisotopic (exact) mass is 405 g/mol. The van der Waals surface area contributed by atoms with Crippen LogP contribution >= 0.6 is 28.3 Å². The molecule has 23 heavy (non-hydrogen) atoms. The van der Waals surface area contributed by atoms with Gasteiger partial charge in [0, 0.05) is 39.3 Å². The molecule has 3 rings (SSSR count). The zero-order valence-electron chi connectivity index (χ0n) is 13.7. The molecule has 1 unspecified atom stereocenters. The minimum atomic E-state index is 0. The van der Waals surface area contributed by atoms with Crippen molar-refractivity contribution in [3.63, 3.8) is 0 Å². The Morgan fingerprint density at radius 3 is 2.70 bits per heavy atom. The van der Waals surface area contributed by atoms with Gasteiger partial charge in [0.05, 0.1) is 17.8 Å². The number of anilines is 1. The molecule has 0 aliphatic carbocycles. The van der Waals surface area contributed by atoms with Gasteiger partial charge in [-0.05, 0) is 34.3 Å². The number of hydrogen-bond donors (Lipinski definition) is 1. The second-order valence-electron chi connectivity index (χ2n) is 6.53. The molecule has 1 aromatic heterocycles. The second-order valence-corrected chi connectivity index (χ2v) is 7.38. The van der Waals surface area contributed by atoms with Gasteiger partial charge in [-0.15, -0.1) is 12.4 Å². The van der Waals surface area contributed by atoms with Crippen molar-refractivity contribution < 1.29 is 4.74 Å². The first-order valence-electron chi connectivity index (χ1n) is 7.84. The Hall–Kier alpha value is -0.630. The predicted octanol–water partition coefficient (Wildman–Crippen LogP) is 1.79. The number of halogens is 2. The van der Waals surface area contributed by atoms with Crippen LogP contribution in [-0.2, 0) is 0 Å². The van der Waals surface area contributed by atoms with E-state index in [-0.39, 0.29) is 12.4 Å². The first-order chi connectivity index (χ1) is 10.6. The highest BCUT2D eigenvalue weighted by Crippen LogP contribution is 2.27. The molecule has 6 nitrogen and oxygen atoms in total. The van der Waals surface area contributed by atoms with Crippen LogP contribution in [0.15, 0.2) is 10.7 Å². The number of nitrogens with zero attached hydrogens (tertiary/aromatic N) is 4. The highest BCUT2D eigenvalue weighted by molar-refractivity contribution is 9.10. The van der Waals surface area contributed by atoms with Crippen molar-refractivity contribution in [2.45, 2.75) is 13.3 Å². The summed E-state index contributed by atoms with van der Waals surface area (Å²) >= 11 is 3.40. The summed E-state index contributed by atoms with van der Waals surface area (Å²) in [5.41, 5.74) is 0.430. The van der Waals surface area contributed by atoms with Gasteiger partial charge in [0.25, 0.3) is 0 Å². The SMILES string of the molecule is COc1nc(N2CCN(CC3(C)CCNC3)CC2)ncc1Br.Cl. The van der Waals surface area contributed by atoms with Gasteiger partial charge in [0.15, 0.2) is 0 Å². The van der Waals surface area contributed by atoms with E-state index >= 15 is 0 Å². The number of methoxy groups -OCH3 is 1. The van der Waals surface area contributed by atoms with E-state index in [0.29, 0.717) is 11.3 Å². The van der Waals surface area contributed by atoms with Crippen molar-refractivity contribution in [2.75, 3.05) is 57.8 Å². The van der Waals surface area contributed by atoms with E-state index in [1.54, 1.807) is 13.3 Å². The quantitative estimate of drug-likeness (QED) is 0.823. The van der Waals surface area contributed by atoms with Crippen molar-refractivity contribution in [1.82, 2.24) is 20.2 Å². The number of aromatic nitrogens is 2. The molecule has 0 bridgehead atoms. The lowest BCUT2D eigenvalue weighted by Crippen LogP contribution is -2.50. The maximum atomic E-state index is 5.26. The van der Waals surface area contributed by atoms with E-state index in [2.05, 4.69) is 47.9 Å². The van der Waals surface area contributed by atoms with Crippen molar-refractivity contribution >= 4 is 34.3 Å². The van der Waals surface area contributed by atoms with Crippen molar-refractivity contribution in [3.05, 3.63) is 10.7 Å². The molecule has 1 N–H and O–H groups in total. The van der Waals surface area contributed by atoms with Gasteiger partial charge >= 0.3 is 0 Å². The zero-order valence-corrected chi connectivity index (χ0v) is 16.1. The fourth-order valence-corrected chi connectivity index (χ4v) is 3.64. The lowest BCUT2D eigenvalue weighted by Gasteiger charge is -2.38. The van der Waals surface area contributed by atoms with Gasteiger partial charge in [-0.25, -0.2) is 4.98 Å². The van der Waals surface area contributed by atoms with Crippen LogP contribution in [-0.4, -0.2) is 67.8 Å². The Kier molecular flexibility index (Phi) is 6.48. The highest BCUT2D eigenvalue weighted by atomic mass is 79.9. The summed E-state index contributed by atoms with van der Waals surface area (Å²) < 4.78 is 6.05. The fourth-order valence-electron chi connectivity index (χ4n) is 3.29. The van der Waals surface area contributed by atoms with E-state index in [1.807, 2.05) is 0 Å². The Bertz CT molecular complexity index is 519. The van der Waals surface area contributed by atoms with Gasteiger partial charge in [0.2, 0.25) is 11.8 Å². The number of ether oxygens (including phenoxy) is 1. The van der Waals surface area contributed by atoms with E-state index in [0.717, 1.165) is 49.7 Å². The van der Waals surface area contributed by atoms with Crippen LogP contribution in [0, 0.1) is 5.41 Å². The van der Waals surface area contributed by atoms with Crippen LogP contribution in [0.2, 0.25) is 0 Å². The maximum absolute atomic E-state index is 5.26. The Labute approximate surface area is 152 Å². The Morgan fingerprint density at radius 1 is 1.35 bits per heavy atom. The normalized spacial score (nSPS) is 25.3. The molecule has 2 saturated heterocycles. The number of piperazine rings is 1. The summed E-state index contributed by atoms with van der Waals surface area (Å²) in [5.74, 6) is 1.35. The van der Waals surface area contributed by atoms with Crippen LogP contribution in [0.3, 0.4) is 0 Å². The first kappa shape index (κ1) is 18.7. The van der Waals surface area contributed by atoms with Crippen LogP contribution in [0.1, 0.15) is 13.3 Å². The smallest absolute Gasteiger partial charge is 0.232 e. The summed E-state index contributed by atoms with van der Waals surface area (Å²) in [7, 11) is 1.63. The minimum Gasteiger partial charge on any atom is -0.480 e. The fraction of sp³-hybridized carbons (Fsp3) is 0.733. The lowest BCUT2D eigenvalue weighted by atomic mass is 9.89. The molecule has 130 valence electrons. The molecular weight excluding hydrogens is 382 g/mol. The van der Waals surface area contributed by atoms with Crippen LogP contribution in [0.5, 0.6) is 5.88 Å². The summed E-state index contributed by atoms with van der Waals surface area (Å²) in [6, 6.07) is 0. The zero-order chi connectivity index (χ0) is 15.6. The maximum Gasteiger partial charge on any atom is 0.232 e. The molecule has 1 aromatic rings. The number of hydrogen-bond acceptors (Lipinski definition) is 6. The van der Waals surface area contributed by atoms with Gasteiger partial charge in [-0.2, -0.15) is 4.98 Å². The van der Waals surface area contributed by atoms with Crippen LogP contribution < -0.4 is 15.0 Å². The highest BCUT2D eigenvalue weighted by Gasteiger charge is 2.32. The van der Waals surface area contributed by atoms with E-state index in [9.17, 15) is 0 Å². The molecule has 0 saturated carbocycles. The number of nitrogens with one attached hydrogen (secondary N) is 1. The topological polar surface area (TPSA) is 53.5 Å². The third kappa shape index (κ3) is 4.47. The molecule has 0 radical (unpaired) electrons. The second kappa shape index (κ2) is 7.96. The summed E-state index contributed by atoms with van der Waals surface area (Å²) in [4.78, 5) is 13.7. The van der Waals surface area contributed by atoms with Gasteiger partial charge < -0.3 is 15.0 Å². The van der Waals surface area contributed by atoms with Gasteiger partial charge in [0.1, 0.15) is 0 Å². The third-order valence-corrected chi connectivity index (χ3v) is 5.15. The molecule has 0 spiro atoms. The first-order valence-corrected chi connectivity index (χ1v) is 8.63. The number of rotatable bonds is 4. The Morgan fingerprint density at radius 2 is 2.09 bits per heavy atom. The average Bonchev–Trinajstić information content (AvgIpc) is 2.95. The van der Waals surface area contributed by atoms with Gasteiger partial charge in [-0.1, -0.05) is 6.92 Å². The average molecular weight is 407 g/mol. The standard InChI is InChI=1S/C15H24BrN5O.ClH/c1-15(3-4-17-10-15)11-20-5-7-21(8-6-20)14-18-9-12(16)13(19-14)22-2;/h9,17H,3-8,10-11H2,1-2H3;1H. The van der Waals surface area contributed by atoms with Crippen molar-refractivity contribution in [2.24, 2.45) is 5.41 Å². The summed E-state index contributed by atoms with van der Waals surface area (Å²) in [6.45, 7) is 9.93. The summed E-state index contributed by atoms with van der Waals surface area (Å²) in [5, 5.41) is 3.48. The molecule has 0 amide bonds. The van der Waals surface area contributed by atoms with Gasteiger partial charge in [-0.3, -0.25) is 4.90 Å². The molecular formula is C15H25BrClN5O. The molecule has 1 atom stereocenters. The lowest BCUT2D eigenvalue weighted by molar-refractivity contribution is 0.169. The van der Waals surface area contributed by atoms with Crippen LogP contribution in [0.4, 0.5) is 5.95 Å². The van der Waals surface area contributed by atoms with E-state index in [4.69, 9.17) is 4.74 Å². The minimum absolute atomic E-state index is 0. The Balaban J connectivity index is 0.00000192. The van der Waals surface area contributed by atoms with Crippen LogP contribution in [0.25, 0.3) is 0 Å². The van der Waals surface area contributed by atoms with E-state index < -0.39 is 0 Å². The molecule has 3 heterocycles. The molecule has 2 aliphatic heterocycles. The molecule has 8 heteroatoms. The molecule has 0 aromatic carbocycles. The molecule has 2 aliphatic rings. The third-order valence-electron chi connectivity index (χ3n) is 4.61. The van der Waals surface area contributed by atoms with E-state index in [1.165, 1.54) is 13.0 Å². The van der Waals surface area contributed by atoms with Crippen molar-refractivity contribution in [1.29, 1.82) is 0 Å². The molecule has 2 fully saturated rings. The van der Waals surface area contributed by atoms with Crippen molar-refractivity contribution in [3.8, 4) is 5.88 Å². The largest absolute Gasteiger partial charge is 0.480 e. The summed E-state index contributed by atoms with van der Waals surface area (Å²) in [6.07, 6.45) is 3.04. The predicted molar refractivity (Wildman–Crippen MR) is 97.8 cm³/mol.